The van der Waals surface area contributed by atoms with Gasteiger partial charge in [0.05, 0.1) is 5.56 Å². The largest absolute Gasteiger partial charge is 0.416 e. The number of nitrogens with one attached hydrogen (secondary N) is 1. The van der Waals surface area contributed by atoms with Gasteiger partial charge in [0, 0.05) is 19.7 Å². The Morgan fingerprint density at radius 2 is 2.12 bits per heavy atom. The second-order valence-electron chi connectivity index (χ2n) is 4.21. The maximum absolute atomic E-state index is 12.8. The molecule has 1 atom stereocenters. The van der Waals surface area contributed by atoms with Crippen LogP contribution in [0.5, 0.6) is 0 Å². The smallest absolute Gasteiger partial charge is 0.396 e. The Labute approximate surface area is 97.5 Å². The first-order chi connectivity index (χ1) is 8.04. The van der Waals surface area contributed by atoms with Crippen LogP contribution in [0.2, 0.25) is 0 Å². The number of halogens is 3. The van der Waals surface area contributed by atoms with E-state index >= 15 is 0 Å². The molecule has 0 saturated carbocycles. The predicted molar refractivity (Wildman–Crippen MR) is 57.6 cm³/mol. The van der Waals surface area contributed by atoms with Gasteiger partial charge in [0.25, 0.3) is 0 Å². The molecule has 2 nitrogen and oxygen atoms in total. The molecule has 17 heavy (non-hydrogen) atoms. The third kappa shape index (κ3) is 2.45. The van der Waals surface area contributed by atoms with E-state index in [1.807, 2.05) is 0 Å². The van der Waals surface area contributed by atoms with Gasteiger partial charge in [-0.1, -0.05) is 12.1 Å². The van der Waals surface area contributed by atoms with Crippen molar-refractivity contribution in [3.63, 3.8) is 0 Å². The molecule has 0 radical (unpaired) electrons. The Bertz CT molecular complexity index is 403. The summed E-state index contributed by atoms with van der Waals surface area (Å²) in [4.78, 5) is 0. The molecule has 1 heterocycles. The molecule has 0 spiro atoms. The Hall–Kier alpha value is -1.07. The Morgan fingerprint density at radius 1 is 1.35 bits per heavy atom. The molecular weight excluding hydrogens is 231 g/mol. The number of hydrogen-bond donors (Lipinski definition) is 2. The molecule has 1 aliphatic heterocycles. The second kappa shape index (κ2) is 4.66. The van der Waals surface area contributed by atoms with E-state index in [4.69, 9.17) is 5.11 Å². The normalized spacial score (nSPS) is 20.1. The summed E-state index contributed by atoms with van der Waals surface area (Å²) in [7, 11) is 0. The zero-order chi connectivity index (χ0) is 12.5. The van der Waals surface area contributed by atoms with Gasteiger partial charge in [-0.3, -0.25) is 0 Å². The molecule has 1 aromatic carbocycles. The fourth-order valence-electron chi connectivity index (χ4n) is 2.34. The lowest BCUT2D eigenvalue weighted by molar-refractivity contribution is -0.138. The van der Waals surface area contributed by atoms with E-state index in [1.165, 1.54) is 6.07 Å². The van der Waals surface area contributed by atoms with E-state index in [2.05, 4.69) is 5.32 Å². The first-order valence-corrected chi connectivity index (χ1v) is 5.54. The van der Waals surface area contributed by atoms with Gasteiger partial charge in [-0.25, -0.2) is 0 Å². The van der Waals surface area contributed by atoms with Crippen LogP contribution in [0.25, 0.3) is 0 Å². The van der Waals surface area contributed by atoms with Crippen LogP contribution < -0.4 is 5.32 Å². The number of aliphatic hydroxyl groups is 1. The highest BCUT2D eigenvalue weighted by Gasteiger charge is 2.35. The molecule has 0 fully saturated rings. The fraction of sp³-hybridized carbons (Fsp3) is 0.500. The number of fused-ring (bicyclic) bond motifs is 1. The predicted octanol–water partition coefficient (Wildman–Crippen LogP) is 2.27. The van der Waals surface area contributed by atoms with Crippen LogP contribution in [0.1, 0.15) is 29.0 Å². The summed E-state index contributed by atoms with van der Waals surface area (Å²) in [6, 6.07) is 4.28. The lowest BCUT2D eigenvalue weighted by atomic mass is 9.86. The summed E-state index contributed by atoms with van der Waals surface area (Å²) in [5, 5.41) is 11.9. The molecule has 94 valence electrons. The molecule has 0 saturated heterocycles. The second-order valence-corrected chi connectivity index (χ2v) is 4.21. The Morgan fingerprint density at radius 3 is 2.76 bits per heavy atom. The summed E-state index contributed by atoms with van der Waals surface area (Å²) in [6.07, 6.45) is -3.82. The highest BCUT2D eigenvalue weighted by molar-refractivity contribution is 5.40. The minimum Gasteiger partial charge on any atom is -0.396 e. The van der Waals surface area contributed by atoms with Crippen LogP contribution in [0.4, 0.5) is 13.2 Å². The lowest BCUT2D eigenvalue weighted by Crippen LogP contribution is -2.30. The monoisotopic (exact) mass is 245 g/mol. The summed E-state index contributed by atoms with van der Waals surface area (Å²) >= 11 is 0. The number of rotatable bonds is 2. The highest BCUT2D eigenvalue weighted by Crippen LogP contribution is 2.37. The third-order valence-corrected chi connectivity index (χ3v) is 3.13. The maximum Gasteiger partial charge on any atom is 0.416 e. The van der Waals surface area contributed by atoms with E-state index < -0.39 is 11.7 Å². The first-order valence-electron chi connectivity index (χ1n) is 5.54. The molecule has 1 aliphatic rings. The van der Waals surface area contributed by atoms with Crippen molar-refractivity contribution in [2.45, 2.75) is 25.1 Å². The highest BCUT2D eigenvalue weighted by atomic mass is 19.4. The number of hydrogen-bond acceptors (Lipinski definition) is 2. The van der Waals surface area contributed by atoms with Crippen molar-refractivity contribution in [1.82, 2.24) is 5.32 Å². The number of alkyl halides is 3. The molecule has 1 aromatic rings. The van der Waals surface area contributed by atoms with E-state index in [1.54, 1.807) is 6.07 Å². The summed E-state index contributed by atoms with van der Waals surface area (Å²) in [5.41, 5.74) is 0.475. The Kier molecular flexibility index (Phi) is 3.40. The quantitative estimate of drug-likeness (QED) is 0.837. The summed E-state index contributed by atoms with van der Waals surface area (Å²) in [5.74, 6) is -0.0361. The van der Waals surface area contributed by atoms with E-state index in [0.29, 0.717) is 24.1 Å². The molecular formula is C12H14F3NO. The van der Waals surface area contributed by atoms with Crippen molar-refractivity contribution in [3.8, 4) is 0 Å². The Balaban J connectivity index is 2.44. The maximum atomic E-state index is 12.8. The fourth-order valence-corrected chi connectivity index (χ4v) is 2.34. The third-order valence-electron chi connectivity index (χ3n) is 3.13. The van der Waals surface area contributed by atoms with Crippen molar-refractivity contribution in [2.75, 3.05) is 13.2 Å². The molecule has 2 rings (SSSR count). The van der Waals surface area contributed by atoms with Crippen molar-refractivity contribution in [1.29, 1.82) is 0 Å². The lowest BCUT2D eigenvalue weighted by Gasteiger charge is -2.28. The average Bonchev–Trinajstić information content (AvgIpc) is 2.28. The van der Waals surface area contributed by atoms with Gasteiger partial charge in [0.2, 0.25) is 0 Å². The topological polar surface area (TPSA) is 32.3 Å². The summed E-state index contributed by atoms with van der Waals surface area (Å²) < 4.78 is 38.4. The van der Waals surface area contributed by atoms with E-state index in [9.17, 15) is 13.2 Å². The molecule has 2 N–H and O–H groups in total. The molecule has 0 amide bonds. The first kappa shape index (κ1) is 12.4. The van der Waals surface area contributed by atoms with Gasteiger partial charge < -0.3 is 10.4 Å². The molecule has 0 bridgehead atoms. The van der Waals surface area contributed by atoms with Crippen molar-refractivity contribution in [2.24, 2.45) is 0 Å². The number of benzene rings is 1. The standard InChI is InChI=1S/C12H14F3NO/c13-12(14,15)11-3-1-2-9-8(4-5-17)6-16-7-10(9)11/h1-3,8,16-17H,4-7H2. The van der Waals surface area contributed by atoms with Crippen LogP contribution in [0.3, 0.4) is 0 Å². The van der Waals surface area contributed by atoms with E-state index in [-0.39, 0.29) is 19.1 Å². The van der Waals surface area contributed by atoms with Gasteiger partial charge in [0.15, 0.2) is 0 Å². The average molecular weight is 245 g/mol. The molecule has 5 heteroatoms. The zero-order valence-electron chi connectivity index (χ0n) is 9.22. The van der Waals surface area contributed by atoms with Gasteiger partial charge in [-0.05, 0) is 29.5 Å². The minimum absolute atomic E-state index is 0.0119. The number of aliphatic hydroxyl groups excluding tert-OH is 1. The SMILES string of the molecule is OCCC1CNCc2c1cccc2C(F)(F)F. The van der Waals surface area contributed by atoms with Gasteiger partial charge >= 0.3 is 6.18 Å². The molecule has 0 aliphatic carbocycles. The molecule has 0 aromatic heterocycles. The van der Waals surface area contributed by atoms with Crippen molar-refractivity contribution >= 4 is 0 Å². The minimum atomic E-state index is -4.31. The van der Waals surface area contributed by atoms with Gasteiger partial charge in [-0.15, -0.1) is 0 Å². The van der Waals surface area contributed by atoms with Crippen LogP contribution in [-0.4, -0.2) is 18.3 Å². The van der Waals surface area contributed by atoms with Crippen molar-refractivity contribution in [3.05, 3.63) is 34.9 Å². The summed E-state index contributed by atoms with van der Waals surface area (Å²) in [6.45, 7) is 0.851. The van der Waals surface area contributed by atoms with Crippen LogP contribution in [-0.2, 0) is 12.7 Å². The zero-order valence-corrected chi connectivity index (χ0v) is 9.22. The van der Waals surface area contributed by atoms with Crippen LogP contribution >= 0.6 is 0 Å². The van der Waals surface area contributed by atoms with E-state index in [0.717, 1.165) is 6.07 Å². The van der Waals surface area contributed by atoms with Crippen LogP contribution in [0, 0.1) is 0 Å². The molecule has 1 unspecified atom stereocenters. The van der Waals surface area contributed by atoms with Gasteiger partial charge in [-0.2, -0.15) is 13.2 Å². The van der Waals surface area contributed by atoms with Gasteiger partial charge in [0.1, 0.15) is 0 Å². The van der Waals surface area contributed by atoms with Crippen molar-refractivity contribution < 1.29 is 18.3 Å². The van der Waals surface area contributed by atoms with Crippen LogP contribution in [0.15, 0.2) is 18.2 Å².